The lowest BCUT2D eigenvalue weighted by Crippen LogP contribution is -2.13. The molecule has 0 spiro atoms. The van der Waals surface area contributed by atoms with Crippen molar-refractivity contribution in [1.29, 1.82) is 5.26 Å². The monoisotopic (exact) mass is 341 g/mol. The number of nitrogens with zero attached hydrogens (tertiary/aromatic N) is 1. The second kappa shape index (κ2) is 9.08. The fourth-order valence-electron chi connectivity index (χ4n) is 1.91. The number of esters is 1. The van der Waals surface area contributed by atoms with Gasteiger partial charge in [-0.05, 0) is 48.0 Å². The predicted octanol–water partition coefficient (Wildman–Crippen LogP) is 3.36. The highest BCUT2D eigenvalue weighted by Crippen LogP contribution is 2.14. The molecular formula is C19H16FNO4. The first-order valence-corrected chi connectivity index (χ1v) is 7.43. The highest BCUT2D eigenvalue weighted by molar-refractivity contribution is 5.97. The van der Waals surface area contributed by atoms with Gasteiger partial charge in [0.05, 0.1) is 7.11 Å². The second-order valence-corrected chi connectivity index (χ2v) is 4.88. The van der Waals surface area contributed by atoms with Crippen LogP contribution in [0.25, 0.3) is 6.08 Å². The van der Waals surface area contributed by atoms with Crippen LogP contribution in [0.15, 0.2) is 54.1 Å². The van der Waals surface area contributed by atoms with E-state index < -0.39 is 5.97 Å². The molecule has 0 aliphatic rings. The maximum absolute atomic E-state index is 12.8. The molecule has 2 rings (SSSR count). The van der Waals surface area contributed by atoms with Crippen LogP contribution in [0.5, 0.6) is 11.5 Å². The van der Waals surface area contributed by atoms with E-state index in [4.69, 9.17) is 19.5 Å². The molecule has 0 aromatic heterocycles. The molecule has 5 nitrogen and oxygen atoms in total. The van der Waals surface area contributed by atoms with Gasteiger partial charge in [-0.15, -0.1) is 0 Å². The topological polar surface area (TPSA) is 68.5 Å². The van der Waals surface area contributed by atoms with Gasteiger partial charge in [-0.1, -0.05) is 12.1 Å². The van der Waals surface area contributed by atoms with E-state index in [0.717, 1.165) is 0 Å². The van der Waals surface area contributed by atoms with Crippen LogP contribution in [0, 0.1) is 17.1 Å². The van der Waals surface area contributed by atoms with Gasteiger partial charge in [0.1, 0.15) is 42.2 Å². The average Bonchev–Trinajstić information content (AvgIpc) is 2.65. The molecule has 0 aliphatic carbocycles. The SMILES string of the molecule is COc1ccc(/C=C(\C#N)C(=O)OCCOc2ccc(F)cc2)cc1. The Hall–Kier alpha value is -3.33. The van der Waals surface area contributed by atoms with Gasteiger partial charge in [-0.3, -0.25) is 0 Å². The number of hydrogen-bond donors (Lipinski definition) is 0. The first-order valence-electron chi connectivity index (χ1n) is 7.43. The molecule has 2 aromatic rings. The van der Waals surface area contributed by atoms with Gasteiger partial charge >= 0.3 is 5.97 Å². The van der Waals surface area contributed by atoms with Crippen LogP contribution in [0.2, 0.25) is 0 Å². The summed E-state index contributed by atoms with van der Waals surface area (Å²) in [5, 5.41) is 9.11. The van der Waals surface area contributed by atoms with E-state index in [0.29, 0.717) is 17.1 Å². The molecule has 0 saturated heterocycles. The van der Waals surface area contributed by atoms with Gasteiger partial charge in [0.15, 0.2) is 0 Å². The van der Waals surface area contributed by atoms with E-state index in [9.17, 15) is 9.18 Å². The molecule has 0 bridgehead atoms. The lowest BCUT2D eigenvalue weighted by Gasteiger charge is -2.07. The maximum Gasteiger partial charge on any atom is 0.349 e. The lowest BCUT2D eigenvalue weighted by molar-refractivity contribution is -0.139. The van der Waals surface area contributed by atoms with Gasteiger partial charge in [0.25, 0.3) is 0 Å². The van der Waals surface area contributed by atoms with Crippen molar-refractivity contribution in [3.63, 3.8) is 0 Å². The number of ether oxygens (including phenoxy) is 3. The molecule has 25 heavy (non-hydrogen) atoms. The minimum atomic E-state index is -0.735. The standard InChI is InChI=1S/C19H16FNO4/c1-23-17-6-2-14(3-7-17)12-15(13-21)19(22)25-11-10-24-18-8-4-16(20)5-9-18/h2-9,12H,10-11H2,1H3/b15-12+. The fourth-order valence-corrected chi connectivity index (χ4v) is 1.91. The normalized spacial score (nSPS) is 10.7. The number of carbonyl (C=O) groups excluding carboxylic acids is 1. The third-order valence-corrected chi connectivity index (χ3v) is 3.17. The predicted molar refractivity (Wildman–Crippen MR) is 89.4 cm³/mol. The molecule has 0 aliphatic heterocycles. The summed E-state index contributed by atoms with van der Waals surface area (Å²) >= 11 is 0. The summed E-state index contributed by atoms with van der Waals surface area (Å²) < 4.78 is 28.1. The Morgan fingerprint density at radius 1 is 1.08 bits per heavy atom. The van der Waals surface area contributed by atoms with Crippen molar-refractivity contribution in [2.24, 2.45) is 0 Å². The molecule has 0 heterocycles. The highest BCUT2D eigenvalue weighted by Gasteiger charge is 2.10. The summed E-state index contributed by atoms with van der Waals surface area (Å²) in [5.74, 6) is 0.0463. The van der Waals surface area contributed by atoms with Crippen LogP contribution in [-0.2, 0) is 9.53 Å². The van der Waals surface area contributed by atoms with Crippen molar-refractivity contribution < 1.29 is 23.4 Å². The summed E-state index contributed by atoms with van der Waals surface area (Å²) in [5.41, 5.74) is 0.559. The summed E-state index contributed by atoms with van der Waals surface area (Å²) in [6.45, 7) is 0.0659. The molecule has 0 atom stereocenters. The van der Waals surface area contributed by atoms with Crippen molar-refractivity contribution in [2.45, 2.75) is 0 Å². The van der Waals surface area contributed by atoms with E-state index in [-0.39, 0.29) is 24.6 Å². The maximum atomic E-state index is 12.8. The van der Waals surface area contributed by atoms with Crippen LogP contribution in [-0.4, -0.2) is 26.3 Å². The van der Waals surface area contributed by atoms with E-state index in [1.165, 1.54) is 30.3 Å². The number of carbonyl (C=O) groups is 1. The quantitative estimate of drug-likeness (QED) is 0.334. The minimum absolute atomic E-state index is 0.0299. The van der Waals surface area contributed by atoms with Crippen molar-refractivity contribution in [3.8, 4) is 17.6 Å². The molecular weight excluding hydrogens is 325 g/mol. The smallest absolute Gasteiger partial charge is 0.349 e. The Kier molecular flexibility index (Phi) is 6.55. The highest BCUT2D eigenvalue weighted by atomic mass is 19.1. The Labute approximate surface area is 144 Å². The summed E-state index contributed by atoms with van der Waals surface area (Å²) in [4.78, 5) is 11.9. The largest absolute Gasteiger partial charge is 0.497 e. The molecule has 0 radical (unpaired) electrons. The van der Waals surface area contributed by atoms with Gasteiger partial charge in [-0.2, -0.15) is 5.26 Å². The zero-order chi connectivity index (χ0) is 18.1. The number of benzene rings is 2. The van der Waals surface area contributed by atoms with Gasteiger partial charge in [0, 0.05) is 0 Å². The van der Waals surface area contributed by atoms with Crippen LogP contribution >= 0.6 is 0 Å². The van der Waals surface area contributed by atoms with E-state index >= 15 is 0 Å². The molecule has 0 fully saturated rings. The first kappa shape index (κ1) is 18.0. The van der Waals surface area contributed by atoms with E-state index in [2.05, 4.69) is 0 Å². The van der Waals surface area contributed by atoms with Crippen LogP contribution < -0.4 is 9.47 Å². The number of nitriles is 1. The average molecular weight is 341 g/mol. The summed E-state index contributed by atoms with van der Waals surface area (Å²) in [6, 6.07) is 14.2. The minimum Gasteiger partial charge on any atom is -0.497 e. The van der Waals surface area contributed by atoms with Crippen molar-refractivity contribution in [2.75, 3.05) is 20.3 Å². The summed E-state index contributed by atoms with van der Waals surface area (Å²) in [7, 11) is 1.55. The van der Waals surface area contributed by atoms with Gasteiger partial charge in [0.2, 0.25) is 0 Å². The number of rotatable bonds is 7. The van der Waals surface area contributed by atoms with Crippen LogP contribution in [0.3, 0.4) is 0 Å². The molecule has 2 aromatic carbocycles. The molecule has 0 N–H and O–H groups in total. The fraction of sp³-hybridized carbons (Fsp3) is 0.158. The Morgan fingerprint density at radius 3 is 2.32 bits per heavy atom. The second-order valence-electron chi connectivity index (χ2n) is 4.88. The molecule has 0 unspecified atom stereocenters. The lowest BCUT2D eigenvalue weighted by atomic mass is 10.1. The Morgan fingerprint density at radius 2 is 1.72 bits per heavy atom. The first-order chi connectivity index (χ1) is 12.1. The molecule has 6 heteroatoms. The van der Waals surface area contributed by atoms with Crippen molar-refractivity contribution in [1.82, 2.24) is 0 Å². The summed E-state index contributed by atoms with van der Waals surface area (Å²) in [6.07, 6.45) is 1.43. The molecule has 128 valence electrons. The molecule has 0 saturated carbocycles. The van der Waals surface area contributed by atoms with Crippen molar-refractivity contribution >= 4 is 12.0 Å². The van der Waals surface area contributed by atoms with E-state index in [1.54, 1.807) is 31.4 Å². The third kappa shape index (κ3) is 5.66. The van der Waals surface area contributed by atoms with Crippen LogP contribution in [0.4, 0.5) is 4.39 Å². The number of methoxy groups -OCH3 is 1. The van der Waals surface area contributed by atoms with Gasteiger partial charge in [-0.25, -0.2) is 9.18 Å². The Bertz CT molecular complexity index is 777. The zero-order valence-corrected chi connectivity index (χ0v) is 13.6. The van der Waals surface area contributed by atoms with Crippen molar-refractivity contribution in [3.05, 3.63) is 65.5 Å². The number of hydrogen-bond acceptors (Lipinski definition) is 5. The van der Waals surface area contributed by atoms with Gasteiger partial charge < -0.3 is 14.2 Å². The van der Waals surface area contributed by atoms with Crippen LogP contribution in [0.1, 0.15) is 5.56 Å². The zero-order valence-electron chi connectivity index (χ0n) is 13.6. The molecule has 0 amide bonds. The number of halogens is 1. The third-order valence-electron chi connectivity index (χ3n) is 3.17. The van der Waals surface area contributed by atoms with E-state index in [1.807, 2.05) is 6.07 Å². The Balaban J connectivity index is 1.85.